The van der Waals surface area contributed by atoms with Crippen molar-refractivity contribution in [2.24, 2.45) is 0 Å². The zero-order chi connectivity index (χ0) is 11.5. The van der Waals surface area contributed by atoms with Crippen molar-refractivity contribution in [1.29, 1.82) is 0 Å². The second-order valence-corrected chi connectivity index (χ2v) is 3.61. The van der Waals surface area contributed by atoms with Crippen molar-refractivity contribution in [3.05, 3.63) is 60.1 Å². The maximum Gasteiger partial charge on any atom is 0.149 e. The number of rotatable bonds is 2. The summed E-state index contributed by atoms with van der Waals surface area (Å²) in [5.41, 5.74) is 2.93. The summed E-state index contributed by atoms with van der Waals surface area (Å²) >= 11 is 0. The summed E-state index contributed by atoms with van der Waals surface area (Å²) in [6, 6.07) is 10.6. The van der Waals surface area contributed by atoms with E-state index in [4.69, 9.17) is 0 Å². The molecule has 0 bridgehead atoms. The Hall–Kier alpha value is -1.96. The Morgan fingerprint density at radius 3 is 2.81 bits per heavy atom. The Morgan fingerprint density at radius 1 is 1.25 bits per heavy atom. The Kier molecular flexibility index (Phi) is 2.82. The maximum atomic E-state index is 13.6. The van der Waals surface area contributed by atoms with Crippen molar-refractivity contribution in [2.45, 2.75) is 6.92 Å². The molecule has 0 aliphatic heterocycles. The summed E-state index contributed by atoms with van der Waals surface area (Å²) in [5.74, 6) is -0.299. The molecular weight excluding hydrogens is 201 g/mol. The summed E-state index contributed by atoms with van der Waals surface area (Å²) in [5, 5.41) is 0. The Balaban J connectivity index is 2.57. The van der Waals surface area contributed by atoms with E-state index in [0.717, 1.165) is 16.8 Å². The van der Waals surface area contributed by atoms with E-state index in [-0.39, 0.29) is 5.82 Å². The van der Waals surface area contributed by atoms with Crippen LogP contribution in [0.25, 0.3) is 17.3 Å². The molecule has 16 heavy (non-hydrogen) atoms. The largest absolute Gasteiger partial charge is 0.250 e. The maximum absolute atomic E-state index is 13.6. The average Bonchev–Trinajstić information content (AvgIpc) is 2.32. The molecule has 0 N–H and O–H groups in total. The zero-order valence-corrected chi connectivity index (χ0v) is 9.07. The quantitative estimate of drug-likeness (QED) is 0.738. The first-order valence-corrected chi connectivity index (χ1v) is 5.07. The molecule has 2 rings (SSSR count). The first kappa shape index (κ1) is 10.6. The number of hydrogen-bond donors (Lipinski definition) is 0. The molecule has 0 saturated carbocycles. The van der Waals surface area contributed by atoms with E-state index in [1.165, 1.54) is 6.07 Å². The highest BCUT2D eigenvalue weighted by atomic mass is 19.1. The molecule has 2 heteroatoms. The lowest BCUT2D eigenvalue weighted by Gasteiger charge is -2.04. The predicted molar refractivity (Wildman–Crippen MR) is 64.5 cm³/mol. The van der Waals surface area contributed by atoms with Crippen molar-refractivity contribution in [1.82, 2.24) is 4.98 Å². The molecule has 0 aliphatic rings. The first-order valence-electron chi connectivity index (χ1n) is 5.07. The minimum Gasteiger partial charge on any atom is -0.250 e. The minimum atomic E-state index is -0.299. The Bertz CT molecular complexity index is 532. The Labute approximate surface area is 94.3 Å². The molecule has 80 valence electrons. The number of aromatic nitrogens is 1. The predicted octanol–water partition coefficient (Wildman–Crippen LogP) is 3.84. The standard InChI is InChI=1S/C14H12FN/c1-3-11-5-4-6-12(9-11)14-13(15)8-7-10(2)16-14/h3-9H,1H2,2H3. The number of halogens is 1. The van der Waals surface area contributed by atoms with Gasteiger partial charge in [0.15, 0.2) is 0 Å². The summed E-state index contributed by atoms with van der Waals surface area (Å²) in [6.45, 7) is 5.54. The molecule has 1 heterocycles. The van der Waals surface area contributed by atoms with Crippen molar-refractivity contribution in [3.63, 3.8) is 0 Å². The number of pyridine rings is 1. The topological polar surface area (TPSA) is 12.9 Å². The van der Waals surface area contributed by atoms with E-state index in [0.29, 0.717) is 5.69 Å². The Morgan fingerprint density at radius 2 is 2.06 bits per heavy atom. The lowest BCUT2D eigenvalue weighted by Crippen LogP contribution is -1.91. The van der Waals surface area contributed by atoms with Crippen molar-refractivity contribution >= 4 is 6.08 Å². The summed E-state index contributed by atoms with van der Waals surface area (Å²) in [6.07, 6.45) is 1.73. The molecule has 0 amide bonds. The van der Waals surface area contributed by atoms with Crippen LogP contribution in [0.5, 0.6) is 0 Å². The fourth-order valence-corrected chi connectivity index (χ4v) is 1.56. The number of nitrogens with zero attached hydrogens (tertiary/aromatic N) is 1. The molecule has 0 radical (unpaired) electrons. The number of benzene rings is 1. The van der Waals surface area contributed by atoms with Gasteiger partial charge < -0.3 is 0 Å². The van der Waals surface area contributed by atoms with E-state index < -0.39 is 0 Å². The normalized spacial score (nSPS) is 10.1. The molecule has 0 saturated heterocycles. The van der Waals surface area contributed by atoms with Crippen LogP contribution >= 0.6 is 0 Å². The lowest BCUT2D eigenvalue weighted by atomic mass is 10.1. The van der Waals surface area contributed by atoms with Gasteiger partial charge in [-0.3, -0.25) is 4.98 Å². The van der Waals surface area contributed by atoms with Crippen LogP contribution in [0.15, 0.2) is 43.0 Å². The minimum absolute atomic E-state index is 0.299. The zero-order valence-electron chi connectivity index (χ0n) is 9.07. The van der Waals surface area contributed by atoms with Crippen molar-refractivity contribution < 1.29 is 4.39 Å². The van der Waals surface area contributed by atoms with Crippen LogP contribution in [0, 0.1) is 12.7 Å². The van der Waals surface area contributed by atoms with Crippen LogP contribution in [0.4, 0.5) is 4.39 Å². The van der Waals surface area contributed by atoms with Crippen LogP contribution in [0.3, 0.4) is 0 Å². The second-order valence-electron chi connectivity index (χ2n) is 3.61. The van der Waals surface area contributed by atoms with Gasteiger partial charge in [0, 0.05) is 11.3 Å². The van der Waals surface area contributed by atoms with Crippen LogP contribution in [-0.4, -0.2) is 4.98 Å². The van der Waals surface area contributed by atoms with E-state index >= 15 is 0 Å². The van der Waals surface area contributed by atoms with Gasteiger partial charge in [-0.15, -0.1) is 0 Å². The van der Waals surface area contributed by atoms with Gasteiger partial charge in [-0.2, -0.15) is 0 Å². The fraction of sp³-hybridized carbons (Fsp3) is 0.0714. The van der Waals surface area contributed by atoms with Gasteiger partial charge in [-0.25, -0.2) is 4.39 Å². The molecule has 1 nitrogen and oxygen atoms in total. The summed E-state index contributed by atoms with van der Waals surface area (Å²) in [7, 11) is 0. The third-order valence-electron chi connectivity index (χ3n) is 2.38. The molecule has 0 spiro atoms. The molecule has 0 atom stereocenters. The van der Waals surface area contributed by atoms with Gasteiger partial charge in [-0.1, -0.05) is 30.9 Å². The van der Waals surface area contributed by atoms with Gasteiger partial charge in [0.25, 0.3) is 0 Å². The SMILES string of the molecule is C=Cc1cccc(-c2nc(C)ccc2F)c1. The molecular formula is C14H12FN. The van der Waals surface area contributed by atoms with Gasteiger partial charge >= 0.3 is 0 Å². The first-order chi connectivity index (χ1) is 7.70. The second kappa shape index (κ2) is 4.27. The van der Waals surface area contributed by atoms with E-state index in [1.54, 1.807) is 12.1 Å². The van der Waals surface area contributed by atoms with E-state index in [2.05, 4.69) is 11.6 Å². The van der Waals surface area contributed by atoms with E-state index in [9.17, 15) is 4.39 Å². The lowest BCUT2D eigenvalue weighted by molar-refractivity contribution is 0.624. The molecule has 0 aliphatic carbocycles. The molecule has 2 aromatic rings. The highest BCUT2D eigenvalue weighted by Crippen LogP contribution is 2.22. The van der Waals surface area contributed by atoms with Crippen molar-refractivity contribution in [3.8, 4) is 11.3 Å². The van der Waals surface area contributed by atoms with Crippen LogP contribution in [0.2, 0.25) is 0 Å². The highest BCUT2D eigenvalue weighted by molar-refractivity contribution is 5.64. The van der Waals surface area contributed by atoms with Crippen molar-refractivity contribution in [2.75, 3.05) is 0 Å². The molecule has 0 unspecified atom stereocenters. The molecule has 0 fully saturated rings. The van der Waals surface area contributed by atoms with Gasteiger partial charge in [-0.05, 0) is 30.7 Å². The van der Waals surface area contributed by atoms with Crippen LogP contribution < -0.4 is 0 Å². The van der Waals surface area contributed by atoms with Gasteiger partial charge in [0.1, 0.15) is 11.5 Å². The fourth-order valence-electron chi connectivity index (χ4n) is 1.56. The van der Waals surface area contributed by atoms with Gasteiger partial charge in [0.2, 0.25) is 0 Å². The molecule has 1 aromatic carbocycles. The van der Waals surface area contributed by atoms with Crippen LogP contribution in [-0.2, 0) is 0 Å². The number of hydrogen-bond acceptors (Lipinski definition) is 1. The monoisotopic (exact) mass is 213 g/mol. The highest BCUT2D eigenvalue weighted by Gasteiger charge is 2.06. The summed E-state index contributed by atoms with van der Waals surface area (Å²) in [4.78, 5) is 4.21. The van der Waals surface area contributed by atoms with E-state index in [1.807, 2.05) is 31.2 Å². The molecule has 1 aromatic heterocycles. The summed E-state index contributed by atoms with van der Waals surface area (Å²) < 4.78 is 13.6. The van der Waals surface area contributed by atoms with Gasteiger partial charge in [0.05, 0.1) is 0 Å². The smallest absolute Gasteiger partial charge is 0.149 e. The number of aryl methyl sites for hydroxylation is 1. The van der Waals surface area contributed by atoms with Crippen LogP contribution in [0.1, 0.15) is 11.3 Å². The third kappa shape index (κ3) is 2.01. The third-order valence-corrected chi connectivity index (χ3v) is 2.38. The average molecular weight is 213 g/mol.